The zero-order chi connectivity index (χ0) is 14.0. The van der Waals surface area contributed by atoms with Gasteiger partial charge in [-0.1, -0.05) is 0 Å². The maximum absolute atomic E-state index is 12.1. The van der Waals surface area contributed by atoms with Crippen molar-refractivity contribution in [2.24, 2.45) is 7.05 Å². The number of hydrogen-bond donors (Lipinski definition) is 2. The van der Waals surface area contributed by atoms with Crippen molar-refractivity contribution in [3.05, 3.63) is 23.5 Å². The second-order valence-corrected chi connectivity index (χ2v) is 6.58. The van der Waals surface area contributed by atoms with Crippen LogP contribution >= 0.6 is 11.3 Å². The van der Waals surface area contributed by atoms with E-state index in [-0.39, 0.29) is 10.9 Å². The second kappa shape index (κ2) is 5.27. The number of hydrogen-bond acceptors (Lipinski definition) is 6. The Kier molecular flexibility index (Phi) is 3.88. The van der Waals surface area contributed by atoms with Crippen LogP contribution in [-0.4, -0.2) is 30.2 Å². The fourth-order valence-electron chi connectivity index (χ4n) is 1.39. The molecule has 0 saturated heterocycles. The summed E-state index contributed by atoms with van der Waals surface area (Å²) in [5, 5.41) is 9.06. The number of anilines is 1. The van der Waals surface area contributed by atoms with Gasteiger partial charge in [0.2, 0.25) is 0 Å². The summed E-state index contributed by atoms with van der Waals surface area (Å²) in [6, 6.07) is 0.0768. The number of rotatable bonds is 5. The lowest BCUT2D eigenvalue weighted by Crippen LogP contribution is -2.14. The lowest BCUT2D eigenvalue weighted by Gasteiger charge is -2.05. The first-order valence-corrected chi connectivity index (χ1v) is 7.93. The Balaban J connectivity index is 2.19. The third-order valence-electron chi connectivity index (χ3n) is 2.61. The number of aromatic nitrogens is 3. The van der Waals surface area contributed by atoms with Gasteiger partial charge in [-0.05, 0) is 14.0 Å². The molecule has 0 aliphatic carbocycles. The third kappa shape index (κ3) is 3.11. The smallest absolute Gasteiger partial charge is 0.266 e. The van der Waals surface area contributed by atoms with E-state index in [1.54, 1.807) is 7.05 Å². The number of nitrogens with one attached hydrogen (secondary N) is 2. The van der Waals surface area contributed by atoms with Gasteiger partial charge in [-0.3, -0.25) is 9.40 Å². The fraction of sp³-hybridized carbons (Fsp3) is 0.400. The van der Waals surface area contributed by atoms with Crippen molar-refractivity contribution in [1.29, 1.82) is 0 Å². The number of sulfonamides is 1. The van der Waals surface area contributed by atoms with E-state index < -0.39 is 10.0 Å². The van der Waals surface area contributed by atoms with Gasteiger partial charge in [0.1, 0.15) is 4.90 Å². The summed E-state index contributed by atoms with van der Waals surface area (Å²) in [6.45, 7) is 1.95. The molecule has 0 saturated carbocycles. The van der Waals surface area contributed by atoms with Gasteiger partial charge in [0.25, 0.3) is 10.0 Å². The SMILES string of the molecule is CNC(C)c1csc(NS(=O)(=O)c2cnn(C)c2)n1. The highest BCUT2D eigenvalue weighted by Crippen LogP contribution is 2.22. The molecule has 0 aliphatic heterocycles. The Labute approximate surface area is 115 Å². The molecule has 0 amide bonds. The molecule has 104 valence electrons. The Bertz CT molecular complexity index is 661. The molecule has 0 fully saturated rings. The van der Waals surface area contributed by atoms with Crippen LogP contribution in [0.5, 0.6) is 0 Å². The Morgan fingerprint density at radius 3 is 2.79 bits per heavy atom. The van der Waals surface area contributed by atoms with E-state index in [4.69, 9.17) is 0 Å². The summed E-state index contributed by atoms with van der Waals surface area (Å²) < 4.78 is 28.0. The van der Waals surface area contributed by atoms with E-state index in [9.17, 15) is 8.42 Å². The molecule has 1 atom stereocenters. The summed E-state index contributed by atoms with van der Waals surface area (Å²) in [6.07, 6.45) is 2.74. The highest BCUT2D eigenvalue weighted by atomic mass is 32.2. The van der Waals surface area contributed by atoms with Gasteiger partial charge in [-0.15, -0.1) is 11.3 Å². The molecule has 0 aromatic carbocycles. The van der Waals surface area contributed by atoms with Gasteiger partial charge < -0.3 is 5.32 Å². The van der Waals surface area contributed by atoms with Gasteiger partial charge in [0.05, 0.1) is 11.9 Å². The average molecular weight is 301 g/mol. The van der Waals surface area contributed by atoms with Crippen LogP contribution in [0.4, 0.5) is 5.13 Å². The second-order valence-electron chi connectivity index (χ2n) is 4.04. The molecule has 19 heavy (non-hydrogen) atoms. The normalized spacial score (nSPS) is 13.4. The average Bonchev–Trinajstić information content (AvgIpc) is 2.97. The predicted octanol–water partition coefficient (Wildman–Crippen LogP) is 0.958. The zero-order valence-corrected chi connectivity index (χ0v) is 12.4. The van der Waals surface area contributed by atoms with Gasteiger partial charge >= 0.3 is 0 Å². The zero-order valence-electron chi connectivity index (χ0n) is 10.8. The fourth-order valence-corrected chi connectivity index (χ4v) is 3.43. The third-order valence-corrected chi connectivity index (χ3v) is 4.81. The molecule has 2 heterocycles. The molecule has 2 rings (SSSR count). The van der Waals surface area contributed by atoms with Crippen LogP contribution in [0.3, 0.4) is 0 Å². The lowest BCUT2D eigenvalue weighted by atomic mass is 10.3. The van der Waals surface area contributed by atoms with E-state index in [1.165, 1.54) is 28.4 Å². The molecule has 2 aromatic heterocycles. The van der Waals surface area contributed by atoms with Crippen LogP contribution in [-0.2, 0) is 17.1 Å². The van der Waals surface area contributed by atoms with Crippen molar-refractivity contribution >= 4 is 26.5 Å². The summed E-state index contributed by atoms with van der Waals surface area (Å²) in [4.78, 5) is 4.36. The van der Waals surface area contributed by atoms with Crippen LogP contribution in [0.15, 0.2) is 22.7 Å². The van der Waals surface area contributed by atoms with Crippen molar-refractivity contribution in [3.8, 4) is 0 Å². The first kappa shape index (κ1) is 14.0. The van der Waals surface area contributed by atoms with E-state index in [1.807, 2.05) is 19.4 Å². The quantitative estimate of drug-likeness (QED) is 0.858. The number of nitrogens with zero attached hydrogens (tertiary/aromatic N) is 3. The van der Waals surface area contributed by atoms with E-state index in [2.05, 4.69) is 20.1 Å². The lowest BCUT2D eigenvalue weighted by molar-refractivity contribution is 0.600. The Hall–Kier alpha value is -1.45. The molecule has 2 N–H and O–H groups in total. The Morgan fingerprint density at radius 2 is 2.21 bits per heavy atom. The molecule has 0 aliphatic rings. The van der Waals surface area contributed by atoms with Crippen molar-refractivity contribution < 1.29 is 8.42 Å². The van der Waals surface area contributed by atoms with Crippen molar-refractivity contribution in [1.82, 2.24) is 20.1 Å². The predicted molar refractivity (Wildman–Crippen MR) is 73.6 cm³/mol. The molecule has 7 nitrogen and oxygen atoms in total. The maximum Gasteiger partial charge on any atom is 0.266 e. The van der Waals surface area contributed by atoms with E-state index in [0.717, 1.165) is 5.69 Å². The van der Waals surface area contributed by atoms with Crippen LogP contribution in [0, 0.1) is 0 Å². The summed E-state index contributed by atoms with van der Waals surface area (Å²) in [7, 11) is -0.133. The van der Waals surface area contributed by atoms with Gasteiger partial charge in [-0.2, -0.15) is 5.10 Å². The van der Waals surface area contributed by atoms with Crippen LogP contribution in [0.1, 0.15) is 18.7 Å². The molecule has 9 heteroatoms. The summed E-state index contributed by atoms with van der Waals surface area (Å²) in [5.41, 5.74) is 0.802. The minimum atomic E-state index is -3.62. The topological polar surface area (TPSA) is 88.9 Å². The van der Waals surface area contributed by atoms with Gasteiger partial charge in [0.15, 0.2) is 5.13 Å². The van der Waals surface area contributed by atoms with Crippen LogP contribution < -0.4 is 10.0 Å². The van der Waals surface area contributed by atoms with Gasteiger partial charge in [0, 0.05) is 24.7 Å². The number of thiazole rings is 1. The van der Waals surface area contributed by atoms with E-state index >= 15 is 0 Å². The molecule has 0 spiro atoms. The standard InChI is InChI=1S/C10H15N5O2S2/c1-7(11-2)9-6-18-10(13-9)14-19(16,17)8-4-12-15(3)5-8/h4-7,11H,1-3H3,(H,13,14). The maximum atomic E-state index is 12.1. The summed E-state index contributed by atoms with van der Waals surface area (Å²) >= 11 is 1.25. The molecule has 0 bridgehead atoms. The van der Waals surface area contributed by atoms with E-state index in [0.29, 0.717) is 5.13 Å². The Morgan fingerprint density at radius 1 is 1.47 bits per heavy atom. The molecule has 0 radical (unpaired) electrons. The largest absolute Gasteiger partial charge is 0.312 e. The highest BCUT2D eigenvalue weighted by Gasteiger charge is 2.18. The molecular weight excluding hydrogens is 286 g/mol. The van der Waals surface area contributed by atoms with Crippen molar-refractivity contribution in [2.45, 2.75) is 17.9 Å². The van der Waals surface area contributed by atoms with Gasteiger partial charge in [-0.25, -0.2) is 13.4 Å². The van der Waals surface area contributed by atoms with Crippen LogP contribution in [0.25, 0.3) is 0 Å². The van der Waals surface area contributed by atoms with Crippen molar-refractivity contribution in [2.75, 3.05) is 11.8 Å². The summed E-state index contributed by atoms with van der Waals surface area (Å²) in [5.74, 6) is 0. The monoisotopic (exact) mass is 301 g/mol. The minimum Gasteiger partial charge on any atom is -0.312 e. The van der Waals surface area contributed by atoms with Crippen molar-refractivity contribution in [3.63, 3.8) is 0 Å². The molecular formula is C10H15N5O2S2. The van der Waals surface area contributed by atoms with Crippen LogP contribution in [0.2, 0.25) is 0 Å². The number of aryl methyl sites for hydroxylation is 1. The molecule has 2 aromatic rings. The molecule has 1 unspecified atom stereocenters. The first-order chi connectivity index (χ1) is 8.92. The minimum absolute atomic E-state index is 0.0768. The first-order valence-electron chi connectivity index (χ1n) is 5.56. The highest BCUT2D eigenvalue weighted by molar-refractivity contribution is 7.93.